The molecule has 0 spiro atoms. The van der Waals surface area contributed by atoms with Crippen molar-refractivity contribution in [3.63, 3.8) is 0 Å². The molecular formula is C20H20ClFN2O4. The standard InChI is InChI=1S/C20H20ClFN2O4/c21-16-3-12(4-17(22)7-16)11-28-18-5-14-9-24(10-15(14)6-18)20(27)23-2-1-13(8-23)19(25)26/h1-4,7-8,14-15,18H,5-6,9-11H2,(H,25,26)/t14-,15+,18?. The van der Waals surface area contributed by atoms with E-state index in [2.05, 4.69) is 0 Å². The van der Waals surface area contributed by atoms with Gasteiger partial charge in [-0.1, -0.05) is 11.6 Å². The third-order valence-electron chi connectivity index (χ3n) is 5.55. The number of hydrogen-bond donors (Lipinski definition) is 1. The number of carbonyl (C=O) groups is 2. The molecular weight excluding hydrogens is 387 g/mol. The van der Waals surface area contributed by atoms with Gasteiger partial charge in [-0.05, 0) is 54.5 Å². The number of carboxylic acids is 1. The summed E-state index contributed by atoms with van der Waals surface area (Å²) in [5, 5.41) is 9.34. The Hall–Kier alpha value is -2.38. The minimum Gasteiger partial charge on any atom is -0.478 e. The van der Waals surface area contributed by atoms with Crippen LogP contribution in [0, 0.1) is 17.7 Å². The maximum Gasteiger partial charge on any atom is 0.337 e. The van der Waals surface area contributed by atoms with E-state index < -0.39 is 5.97 Å². The number of rotatable bonds is 4. The number of hydrogen-bond acceptors (Lipinski definition) is 3. The highest BCUT2D eigenvalue weighted by Gasteiger charge is 2.43. The molecule has 1 N–H and O–H groups in total. The molecule has 1 saturated heterocycles. The van der Waals surface area contributed by atoms with Crippen LogP contribution < -0.4 is 0 Å². The van der Waals surface area contributed by atoms with Crippen molar-refractivity contribution >= 4 is 23.6 Å². The highest BCUT2D eigenvalue weighted by atomic mass is 35.5. The van der Waals surface area contributed by atoms with E-state index in [9.17, 15) is 14.0 Å². The number of fused-ring (bicyclic) bond motifs is 1. The van der Waals surface area contributed by atoms with E-state index >= 15 is 0 Å². The van der Waals surface area contributed by atoms with Gasteiger partial charge in [0.05, 0.1) is 18.3 Å². The molecule has 1 saturated carbocycles. The molecule has 2 aliphatic rings. The summed E-state index contributed by atoms with van der Waals surface area (Å²) in [4.78, 5) is 25.3. The first-order chi connectivity index (χ1) is 13.4. The Labute approximate surface area is 166 Å². The maximum absolute atomic E-state index is 13.4. The molecule has 8 heteroatoms. The number of aromatic nitrogens is 1. The summed E-state index contributed by atoms with van der Waals surface area (Å²) in [5.41, 5.74) is 0.805. The predicted octanol–water partition coefficient (Wildman–Crippen LogP) is 3.87. The maximum atomic E-state index is 13.4. The van der Waals surface area contributed by atoms with Crippen LogP contribution in [0.4, 0.5) is 9.18 Å². The summed E-state index contributed by atoms with van der Waals surface area (Å²) in [6, 6.07) is 5.60. The van der Waals surface area contributed by atoms with Crippen molar-refractivity contribution in [3.05, 3.63) is 58.6 Å². The largest absolute Gasteiger partial charge is 0.478 e. The fourth-order valence-electron chi connectivity index (χ4n) is 4.25. The van der Waals surface area contributed by atoms with Crippen LogP contribution in [0.5, 0.6) is 0 Å². The van der Waals surface area contributed by atoms with Crippen LogP contribution in [-0.4, -0.2) is 45.8 Å². The smallest absolute Gasteiger partial charge is 0.337 e. The summed E-state index contributed by atoms with van der Waals surface area (Å²) in [7, 11) is 0. The number of nitrogens with zero attached hydrogens (tertiary/aromatic N) is 2. The van der Waals surface area contributed by atoms with E-state index in [1.165, 1.54) is 35.2 Å². The lowest BCUT2D eigenvalue weighted by atomic mass is 10.0. The second-order valence-electron chi connectivity index (χ2n) is 7.50. The van der Waals surface area contributed by atoms with Gasteiger partial charge in [0.1, 0.15) is 5.82 Å². The molecule has 1 unspecified atom stereocenters. The van der Waals surface area contributed by atoms with Gasteiger partial charge in [-0.3, -0.25) is 4.57 Å². The van der Waals surface area contributed by atoms with Gasteiger partial charge in [0.2, 0.25) is 0 Å². The number of benzene rings is 1. The first-order valence-corrected chi connectivity index (χ1v) is 9.54. The van der Waals surface area contributed by atoms with E-state index in [1.54, 1.807) is 11.0 Å². The van der Waals surface area contributed by atoms with Gasteiger partial charge in [-0.2, -0.15) is 0 Å². The molecule has 2 fully saturated rings. The number of aromatic carboxylic acids is 1. The fraction of sp³-hybridized carbons (Fsp3) is 0.400. The normalized spacial score (nSPS) is 23.8. The van der Waals surface area contributed by atoms with E-state index in [-0.39, 0.29) is 23.5 Å². The first-order valence-electron chi connectivity index (χ1n) is 9.16. The summed E-state index contributed by atoms with van der Waals surface area (Å²) in [5.74, 6) is -0.705. The van der Waals surface area contributed by atoms with Crippen molar-refractivity contribution in [2.24, 2.45) is 11.8 Å². The average molecular weight is 407 g/mol. The Kier molecular flexibility index (Phi) is 5.12. The van der Waals surface area contributed by atoms with E-state index in [0.29, 0.717) is 42.1 Å². The highest BCUT2D eigenvalue weighted by molar-refractivity contribution is 6.30. The molecule has 28 heavy (non-hydrogen) atoms. The number of carboxylic acid groups (broad SMARTS) is 1. The lowest BCUT2D eigenvalue weighted by Crippen LogP contribution is -2.33. The van der Waals surface area contributed by atoms with Crippen LogP contribution in [0.25, 0.3) is 0 Å². The van der Waals surface area contributed by atoms with Crippen molar-refractivity contribution in [2.45, 2.75) is 25.6 Å². The molecule has 1 aliphatic carbocycles. The number of amides is 1. The van der Waals surface area contributed by atoms with Crippen molar-refractivity contribution in [1.82, 2.24) is 9.47 Å². The van der Waals surface area contributed by atoms with Gasteiger partial charge >= 0.3 is 12.0 Å². The minimum absolute atomic E-state index is 0.0829. The van der Waals surface area contributed by atoms with Gasteiger partial charge < -0.3 is 14.7 Å². The summed E-state index contributed by atoms with van der Waals surface area (Å²) >= 11 is 5.87. The predicted molar refractivity (Wildman–Crippen MR) is 100.0 cm³/mol. The molecule has 1 aromatic heterocycles. The van der Waals surface area contributed by atoms with E-state index in [4.69, 9.17) is 21.4 Å². The monoisotopic (exact) mass is 406 g/mol. The van der Waals surface area contributed by atoms with Crippen LogP contribution in [-0.2, 0) is 11.3 Å². The first kappa shape index (κ1) is 19.0. The number of ether oxygens (including phenoxy) is 1. The summed E-state index contributed by atoms with van der Waals surface area (Å²) in [6.07, 6.45) is 4.61. The Morgan fingerprint density at radius 2 is 1.93 bits per heavy atom. The van der Waals surface area contributed by atoms with Gasteiger partial charge in [0.15, 0.2) is 0 Å². The fourth-order valence-corrected chi connectivity index (χ4v) is 4.49. The number of likely N-dealkylation sites (tertiary alicyclic amines) is 1. The van der Waals surface area contributed by atoms with E-state index in [1.807, 2.05) is 0 Å². The van der Waals surface area contributed by atoms with Crippen molar-refractivity contribution in [1.29, 1.82) is 0 Å². The second-order valence-corrected chi connectivity index (χ2v) is 7.94. The van der Waals surface area contributed by atoms with Gasteiger partial charge in [0, 0.05) is 30.5 Å². The van der Waals surface area contributed by atoms with Crippen LogP contribution in [0.3, 0.4) is 0 Å². The molecule has 1 aliphatic heterocycles. The van der Waals surface area contributed by atoms with Crippen LogP contribution in [0.2, 0.25) is 5.02 Å². The zero-order valence-electron chi connectivity index (χ0n) is 15.1. The molecule has 4 rings (SSSR count). The van der Waals surface area contributed by atoms with Crippen molar-refractivity contribution in [2.75, 3.05) is 13.1 Å². The molecule has 0 radical (unpaired) electrons. The van der Waals surface area contributed by atoms with Gasteiger partial charge in [-0.15, -0.1) is 0 Å². The number of halogens is 2. The summed E-state index contributed by atoms with van der Waals surface area (Å²) < 4.78 is 20.7. The molecule has 1 amide bonds. The number of carbonyl (C=O) groups excluding carboxylic acids is 1. The third kappa shape index (κ3) is 3.91. The quantitative estimate of drug-likeness (QED) is 0.836. The van der Waals surface area contributed by atoms with Crippen molar-refractivity contribution < 1.29 is 23.8 Å². The zero-order valence-corrected chi connectivity index (χ0v) is 15.8. The van der Waals surface area contributed by atoms with Crippen LogP contribution >= 0.6 is 11.6 Å². The van der Waals surface area contributed by atoms with E-state index in [0.717, 1.165) is 12.8 Å². The second kappa shape index (κ2) is 7.56. The van der Waals surface area contributed by atoms with Crippen LogP contribution in [0.15, 0.2) is 36.7 Å². The molecule has 148 valence electrons. The highest BCUT2D eigenvalue weighted by Crippen LogP contribution is 2.40. The van der Waals surface area contributed by atoms with Gasteiger partial charge in [0.25, 0.3) is 0 Å². The van der Waals surface area contributed by atoms with Crippen molar-refractivity contribution in [3.8, 4) is 0 Å². The molecule has 6 nitrogen and oxygen atoms in total. The van der Waals surface area contributed by atoms with Crippen LogP contribution in [0.1, 0.15) is 28.8 Å². The molecule has 2 aromatic rings. The Morgan fingerprint density at radius 1 is 1.21 bits per heavy atom. The lowest BCUT2D eigenvalue weighted by Gasteiger charge is -2.20. The topological polar surface area (TPSA) is 71.8 Å². The van der Waals surface area contributed by atoms with Gasteiger partial charge in [-0.25, -0.2) is 14.0 Å². The molecule has 1 aromatic carbocycles. The average Bonchev–Trinajstić information content (AvgIpc) is 3.33. The third-order valence-corrected chi connectivity index (χ3v) is 5.77. The molecule has 2 heterocycles. The molecule has 0 bridgehead atoms. The Bertz CT molecular complexity index is 881. The SMILES string of the molecule is O=C(O)c1ccn(C(=O)N2C[C@H]3CC(OCc4cc(F)cc(Cl)c4)C[C@H]3C2)c1. The summed E-state index contributed by atoms with van der Waals surface area (Å²) in [6.45, 7) is 1.58. The Balaban J connectivity index is 1.30. The Morgan fingerprint density at radius 3 is 2.54 bits per heavy atom. The zero-order chi connectivity index (χ0) is 19.8. The minimum atomic E-state index is -1.05. The molecule has 3 atom stereocenters. The lowest BCUT2D eigenvalue weighted by molar-refractivity contribution is 0.0382.